The highest BCUT2D eigenvalue weighted by atomic mass is 16.5. The molecule has 3 heterocycles. The number of benzene rings is 1. The third kappa shape index (κ3) is 2.69. The zero-order valence-electron chi connectivity index (χ0n) is 14.1. The van der Waals surface area contributed by atoms with E-state index in [4.69, 9.17) is 9.15 Å². The zero-order chi connectivity index (χ0) is 18.3. The minimum atomic E-state index is -0.323. The molecule has 4 rings (SSSR count). The van der Waals surface area contributed by atoms with Gasteiger partial charge in [0.05, 0.1) is 19.0 Å². The molecule has 0 atom stereocenters. The smallest absolute Gasteiger partial charge is 0.302 e. The van der Waals surface area contributed by atoms with Crippen molar-refractivity contribution in [1.29, 1.82) is 0 Å². The summed E-state index contributed by atoms with van der Waals surface area (Å²) in [5, 5.41) is 2.62. The monoisotopic (exact) mass is 353 g/mol. The van der Waals surface area contributed by atoms with Crippen molar-refractivity contribution < 1.29 is 13.9 Å². The third-order valence-electron chi connectivity index (χ3n) is 4.05. The van der Waals surface area contributed by atoms with Crippen LogP contribution >= 0.6 is 0 Å². The number of imidazole rings is 1. The number of nitrogens with one attached hydrogen (secondary N) is 1. The number of nitrogens with zero attached hydrogens (tertiary/aromatic N) is 4. The average molecular weight is 353 g/mol. The van der Waals surface area contributed by atoms with Crippen LogP contribution < -0.4 is 15.6 Å². The Kier molecular flexibility index (Phi) is 3.68. The predicted molar refractivity (Wildman–Crippen MR) is 94.2 cm³/mol. The van der Waals surface area contributed by atoms with Gasteiger partial charge in [-0.1, -0.05) is 0 Å². The van der Waals surface area contributed by atoms with Crippen molar-refractivity contribution in [3.63, 3.8) is 0 Å². The summed E-state index contributed by atoms with van der Waals surface area (Å²) in [6, 6.07) is 8.39. The molecule has 26 heavy (non-hydrogen) atoms. The summed E-state index contributed by atoms with van der Waals surface area (Å²) in [6.45, 7) is 0.0107. The van der Waals surface area contributed by atoms with E-state index in [1.54, 1.807) is 43.0 Å². The molecule has 0 saturated heterocycles. The standard InChI is InChI=1S/C17H15N5O4/c1-21-15(24)6-5-12-16(21)18-9-22(12)8-14(23)20-17-19-11-4-3-10(25-2)7-13(11)26-17/h3-7,9H,8H2,1-2H3,(H,19,20,23). The molecule has 4 aromatic rings. The number of rotatable bonds is 4. The van der Waals surface area contributed by atoms with Crippen LogP contribution in [0.5, 0.6) is 5.75 Å². The fourth-order valence-electron chi connectivity index (χ4n) is 2.70. The third-order valence-corrected chi connectivity index (χ3v) is 4.05. The Labute approximate surface area is 146 Å². The van der Waals surface area contributed by atoms with Gasteiger partial charge >= 0.3 is 6.01 Å². The molecule has 0 radical (unpaired) electrons. The van der Waals surface area contributed by atoms with Crippen molar-refractivity contribution in [3.8, 4) is 5.75 Å². The van der Waals surface area contributed by atoms with Crippen LogP contribution in [0.25, 0.3) is 22.3 Å². The Balaban J connectivity index is 1.56. The van der Waals surface area contributed by atoms with Gasteiger partial charge in [0.15, 0.2) is 11.2 Å². The van der Waals surface area contributed by atoms with Gasteiger partial charge in [-0.25, -0.2) is 4.98 Å². The van der Waals surface area contributed by atoms with Crippen LogP contribution in [0.3, 0.4) is 0 Å². The number of hydrogen-bond donors (Lipinski definition) is 1. The molecule has 0 bridgehead atoms. The van der Waals surface area contributed by atoms with Crippen molar-refractivity contribution in [3.05, 3.63) is 47.0 Å². The molecule has 9 heteroatoms. The van der Waals surface area contributed by atoms with E-state index in [0.29, 0.717) is 28.0 Å². The van der Waals surface area contributed by atoms with E-state index in [1.165, 1.54) is 17.0 Å². The van der Waals surface area contributed by atoms with E-state index in [0.717, 1.165) is 0 Å². The molecule has 132 valence electrons. The van der Waals surface area contributed by atoms with E-state index in [-0.39, 0.29) is 24.0 Å². The number of carbonyl (C=O) groups excluding carboxylic acids is 1. The highest BCUT2D eigenvalue weighted by Gasteiger charge is 2.13. The summed E-state index contributed by atoms with van der Waals surface area (Å²) in [5.41, 5.74) is 2.17. The molecule has 3 aromatic heterocycles. The van der Waals surface area contributed by atoms with Crippen molar-refractivity contribution in [2.45, 2.75) is 6.54 Å². The number of amides is 1. The minimum Gasteiger partial charge on any atom is -0.497 e. The number of hydrogen-bond acceptors (Lipinski definition) is 6. The second-order valence-electron chi connectivity index (χ2n) is 5.71. The number of pyridine rings is 1. The first-order valence-electron chi connectivity index (χ1n) is 7.80. The van der Waals surface area contributed by atoms with E-state index >= 15 is 0 Å². The lowest BCUT2D eigenvalue weighted by atomic mass is 10.3. The van der Waals surface area contributed by atoms with Crippen LogP contribution in [-0.4, -0.2) is 32.1 Å². The SMILES string of the molecule is COc1ccc2nc(NC(=O)Cn3cnc4c3ccc(=O)n4C)oc2c1. The molecule has 1 amide bonds. The van der Waals surface area contributed by atoms with E-state index in [1.807, 2.05) is 0 Å². The summed E-state index contributed by atoms with van der Waals surface area (Å²) < 4.78 is 13.7. The minimum absolute atomic E-state index is 0.0107. The van der Waals surface area contributed by atoms with Gasteiger partial charge in [0.1, 0.15) is 17.8 Å². The van der Waals surface area contributed by atoms with Crippen molar-refractivity contribution in [2.24, 2.45) is 7.05 Å². The van der Waals surface area contributed by atoms with Crippen LogP contribution in [0, 0.1) is 0 Å². The van der Waals surface area contributed by atoms with Gasteiger partial charge in [-0.2, -0.15) is 4.98 Å². The highest BCUT2D eigenvalue weighted by molar-refractivity contribution is 5.90. The van der Waals surface area contributed by atoms with Crippen LogP contribution in [0.2, 0.25) is 0 Å². The Morgan fingerprint density at radius 2 is 2.15 bits per heavy atom. The van der Waals surface area contributed by atoms with E-state index in [9.17, 15) is 9.59 Å². The van der Waals surface area contributed by atoms with Crippen LogP contribution in [0.15, 0.2) is 45.9 Å². The van der Waals surface area contributed by atoms with Crippen LogP contribution in [0.1, 0.15) is 0 Å². The Bertz CT molecular complexity index is 1190. The maximum atomic E-state index is 12.3. The number of methoxy groups -OCH3 is 1. The number of fused-ring (bicyclic) bond motifs is 2. The van der Waals surface area contributed by atoms with E-state index < -0.39 is 0 Å². The highest BCUT2D eigenvalue weighted by Crippen LogP contribution is 2.23. The molecular formula is C17H15N5O4. The second-order valence-corrected chi connectivity index (χ2v) is 5.71. The molecule has 0 saturated carbocycles. The van der Waals surface area contributed by atoms with Crippen LogP contribution in [-0.2, 0) is 18.4 Å². The van der Waals surface area contributed by atoms with Gasteiger partial charge in [0.25, 0.3) is 5.56 Å². The normalized spacial score (nSPS) is 11.2. The van der Waals surface area contributed by atoms with Gasteiger partial charge in [0.2, 0.25) is 5.91 Å². The average Bonchev–Trinajstić information content (AvgIpc) is 3.21. The molecule has 0 aliphatic rings. The second kappa shape index (κ2) is 6.03. The maximum Gasteiger partial charge on any atom is 0.302 e. The number of carbonyl (C=O) groups is 1. The Hall–Kier alpha value is -3.62. The van der Waals surface area contributed by atoms with Gasteiger partial charge in [-0.05, 0) is 18.2 Å². The molecule has 9 nitrogen and oxygen atoms in total. The first kappa shape index (κ1) is 15.9. The van der Waals surface area contributed by atoms with Gasteiger partial charge in [-0.3, -0.25) is 19.5 Å². The topological polar surface area (TPSA) is 104 Å². The lowest BCUT2D eigenvalue weighted by molar-refractivity contribution is -0.116. The fraction of sp³-hybridized carbons (Fsp3) is 0.176. The summed E-state index contributed by atoms with van der Waals surface area (Å²) in [6.07, 6.45) is 1.51. The summed E-state index contributed by atoms with van der Waals surface area (Å²) in [7, 11) is 3.19. The van der Waals surface area contributed by atoms with E-state index in [2.05, 4.69) is 15.3 Å². The molecule has 1 N–H and O–H groups in total. The van der Waals surface area contributed by atoms with Gasteiger partial charge in [0, 0.05) is 19.2 Å². The molecule has 1 aromatic carbocycles. The molecular weight excluding hydrogens is 338 g/mol. The number of aryl methyl sites for hydroxylation is 1. The van der Waals surface area contributed by atoms with Gasteiger partial charge in [-0.15, -0.1) is 0 Å². The molecule has 0 aliphatic heterocycles. The zero-order valence-corrected chi connectivity index (χ0v) is 14.1. The number of ether oxygens (including phenoxy) is 1. The summed E-state index contributed by atoms with van der Waals surface area (Å²) >= 11 is 0. The molecule has 0 aliphatic carbocycles. The first-order valence-corrected chi connectivity index (χ1v) is 7.80. The molecule has 0 spiro atoms. The fourth-order valence-corrected chi connectivity index (χ4v) is 2.70. The summed E-state index contributed by atoms with van der Waals surface area (Å²) in [5.74, 6) is 0.318. The van der Waals surface area contributed by atoms with Crippen molar-refractivity contribution in [1.82, 2.24) is 19.1 Å². The Morgan fingerprint density at radius 3 is 2.96 bits per heavy atom. The van der Waals surface area contributed by atoms with Gasteiger partial charge < -0.3 is 13.7 Å². The number of anilines is 1. The number of oxazole rings is 1. The Morgan fingerprint density at radius 1 is 1.31 bits per heavy atom. The lowest BCUT2D eigenvalue weighted by Crippen LogP contribution is -2.19. The first-order chi connectivity index (χ1) is 12.5. The van der Waals surface area contributed by atoms with Crippen molar-refractivity contribution in [2.75, 3.05) is 12.4 Å². The quantitative estimate of drug-likeness (QED) is 0.596. The maximum absolute atomic E-state index is 12.3. The molecule has 0 unspecified atom stereocenters. The largest absolute Gasteiger partial charge is 0.497 e. The predicted octanol–water partition coefficient (Wildman–Crippen LogP) is 1.52. The number of aromatic nitrogens is 4. The lowest BCUT2D eigenvalue weighted by Gasteiger charge is -2.04. The van der Waals surface area contributed by atoms with Crippen molar-refractivity contribution >= 4 is 34.2 Å². The summed E-state index contributed by atoms with van der Waals surface area (Å²) in [4.78, 5) is 32.4. The van der Waals surface area contributed by atoms with Crippen LogP contribution in [0.4, 0.5) is 6.01 Å². The molecule has 0 fully saturated rings.